The largest absolute Gasteiger partial charge is 0.311 e. The molecule has 0 spiro atoms. The van der Waals surface area contributed by atoms with Gasteiger partial charge in [0.05, 0.1) is 0 Å². The van der Waals surface area contributed by atoms with Crippen LogP contribution in [0, 0.1) is 11.8 Å². The molecule has 1 aromatic rings. The second-order valence-electron chi connectivity index (χ2n) is 7.11. The minimum absolute atomic E-state index is 0.642. The fraction of sp³-hybridized carbons (Fsp3) is 0.722. The Bertz CT molecular complexity index is 402. The normalized spacial score (nSPS) is 23.9. The van der Waals surface area contributed by atoms with Crippen LogP contribution in [0.2, 0.25) is 0 Å². The van der Waals surface area contributed by atoms with Crippen LogP contribution in [0.25, 0.3) is 0 Å². The second kappa shape index (κ2) is 7.90. The highest BCUT2D eigenvalue weighted by Crippen LogP contribution is 2.18. The van der Waals surface area contributed by atoms with Gasteiger partial charge >= 0.3 is 0 Å². The smallest absolute Gasteiger partial charge is 0.0416 e. The zero-order valence-electron chi connectivity index (χ0n) is 14.0. The van der Waals surface area contributed by atoms with Crippen LogP contribution in [0.1, 0.15) is 39.8 Å². The Morgan fingerprint density at radius 2 is 2.10 bits per heavy atom. The Morgan fingerprint density at radius 1 is 1.29 bits per heavy atom. The standard InChI is InChI=1S/C18H31N3/c1-14(2)11-17-13-21(18(12-20-17)15(3)4)10-8-16-7-5-6-9-19-16/h5-7,9,14-15,17-18,20H,8,10-13H2,1-4H3. The number of aromatic nitrogens is 1. The minimum atomic E-state index is 0.642. The van der Waals surface area contributed by atoms with Crippen molar-refractivity contribution in [2.75, 3.05) is 19.6 Å². The molecule has 0 amide bonds. The Hall–Kier alpha value is -0.930. The number of nitrogens with zero attached hydrogens (tertiary/aromatic N) is 2. The van der Waals surface area contributed by atoms with Gasteiger partial charge in [0, 0.05) is 50.0 Å². The Balaban J connectivity index is 1.93. The molecule has 1 aliphatic heterocycles. The summed E-state index contributed by atoms with van der Waals surface area (Å²) >= 11 is 0. The quantitative estimate of drug-likeness (QED) is 0.872. The van der Waals surface area contributed by atoms with Crippen molar-refractivity contribution in [2.45, 2.75) is 52.6 Å². The lowest BCUT2D eigenvalue weighted by molar-refractivity contribution is 0.0931. The van der Waals surface area contributed by atoms with Crippen LogP contribution in [0.4, 0.5) is 0 Å². The van der Waals surface area contributed by atoms with Gasteiger partial charge in [-0.15, -0.1) is 0 Å². The third-order valence-corrected chi connectivity index (χ3v) is 4.45. The van der Waals surface area contributed by atoms with E-state index in [9.17, 15) is 0 Å². The second-order valence-corrected chi connectivity index (χ2v) is 7.11. The number of nitrogens with one attached hydrogen (secondary N) is 1. The molecule has 1 aliphatic rings. The van der Waals surface area contributed by atoms with Gasteiger partial charge in [-0.05, 0) is 30.4 Å². The van der Waals surface area contributed by atoms with Crippen molar-refractivity contribution in [3.8, 4) is 0 Å². The maximum Gasteiger partial charge on any atom is 0.0416 e. The lowest BCUT2D eigenvalue weighted by Crippen LogP contribution is -2.58. The average molecular weight is 289 g/mol. The Kier molecular flexibility index (Phi) is 6.19. The van der Waals surface area contributed by atoms with E-state index < -0.39 is 0 Å². The molecular weight excluding hydrogens is 258 g/mol. The molecule has 1 N–H and O–H groups in total. The van der Waals surface area contributed by atoms with Gasteiger partial charge in [0.15, 0.2) is 0 Å². The molecule has 21 heavy (non-hydrogen) atoms. The third-order valence-electron chi connectivity index (χ3n) is 4.45. The molecular formula is C18H31N3. The van der Waals surface area contributed by atoms with E-state index in [1.807, 2.05) is 12.3 Å². The predicted octanol–water partition coefficient (Wildman–Crippen LogP) is 2.97. The van der Waals surface area contributed by atoms with E-state index in [-0.39, 0.29) is 0 Å². The van der Waals surface area contributed by atoms with Gasteiger partial charge in [-0.1, -0.05) is 33.8 Å². The number of hydrogen-bond donors (Lipinski definition) is 1. The molecule has 1 aromatic heterocycles. The Morgan fingerprint density at radius 3 is 2.71 bits per heavy atom. The van der Waals surface area contributed by atoms with E-state index in [4.69, 9.17) is 0 Å². The predicted molar refractivity (Wildman–Crippen MR) is 89.4 cm³/mol. The van der Waals surface area contributed by atoms with Crippen LogP contribution in [0.3, 0.4) is 0 Å². The van der Waals surface area contributed by atoms with Crippen molar-refractivity contribution < 1.29 is 0 Å². The Labute approximate surface area is 130 Å². The molecule has 1 fully saturated rings. The molecule has 1 saturated heterocycles. The van der Waals surface area contributed by atoms with Crippen molar-refractivity contribution in [3.05, 3.63) is 30.1 Å². The monoisotopic (exact) mass is 289 g/mol. The number of piperazine rings is 1. The summed E-state index contributed by atoms with van der Waals surface area (Å²) in [5.74, 6) is 1.46. The molecule has 2 unspecified atom stereocenters. The third kappa shape index (κ3) is 5.08. The van der Waals surface area contributed by atoms with E-state index >= 15 is 0 Å². The number of pyridine rings is 1. The molecule has 3 heteroatoms. The highest BCUT2D eigenvalue weighted by atomic mass is 15.2. The molecule has 0 aromatic carbocycles. The van der Waals surface area contributed by atoms with Gasteiger partial charge in [0.1, 0.15) is 0 Å². The van der Waals surface area contributed by atoms with Gasteiger partial charge in [-0.3, -0.25) is 9.88 Å². The van der Waals surface area contributed by atoms with Gasteiger partial charge in [0.25, 0.3) is 0 Å². The van der Waals surface area contributed by atoms with Gasteiger partial charge in [0.2, 0.25) is 0 Å². The van der Waals surface area contributed by atoms with E-state index in [2.05, 4.69) is 55.0 Å². The fourth-order valence-corrected chi connectivity index (χ4v) is 3.35. The first-order valence-corrected chi connectivity index (χ1v) is 8.43. The summed E-state index contributed by atoms with van der Waals surface area (Å²) in [4.78, 5) is 7.14. The molecule has 2 rings (SSSR count). The molecule has 0 radical (unpaired) electrons. The molecule has 3 nitrogen and oxygen atoms in total. The van der Waals surface area contributed by atoms with Gasteiger partial charge in [-0.25, -0.2) is 0 Å². The van der Waals surface area contributed by atoms with Crippen LogP contribution < -0.4 is 5.32 Å². The first kappa shape index (κ1) is 16.4. The maximum absolute atomic E-state index is 4.46. The molecule has 2 atom stereocenters. The zero-order valence-corrected chi connectivity index (χ0v) is 14.0. The summed E-state index contributed by atoms with van der Waals surface area (Å²) in [7, 11) is 0. The fourth-order valence-electron chi connectivity index (χ4n) is 3.35. The SMILES string of the molecule is CC(C)CC1CN(CCc2ccccn2)C(C(C)C)CN1. The topological polar surface area (TPSA) is 28.2 Å². The molecule has 0 aliphatic carbocycles. The summed E-state index contributed by atoms with van der Waals surface area (Å²) in [6.07, 6.45) is 4.22. The first-order chi connectivity index (χ1) is 10.1. The minimum Gasteiger partial charge on any atom is -0.311 e. The van der Waals surface area contributed by atoms with Crippen molar-refractivity contribution in [3.63, 3.8) is 0 Å². The molecule has 0 bridgehead atoms. The zero-order chi connectivity index (χ0) is 15.2. The summed E-state index contributed by atoms with van der Waals surface area (Å²) < 4.78 is 0. The molecule has 118 valence electrons. The van der Waals surface area contributed by atoms with Crippen molar-refractivity contribution >= 4 is 0 Å². The highest BCUT2D eigenvalue weighted by Gasteiger charge is 2.29. The lowest BCUT2D eigenvalue weighted by atomic mass is 9.94. The van der Waals surface area contributed by atoms with Crippen LogP contribution in [0.5, 0.6) is 0 Å². The van der Waals surface area contributed by atoms with Crippen molar-refractivity contribution in [2.24, 2.45) is 11.8 Å². The van der Waals surface area contributed by atoms with Crippen LogP contribution in [-0.4, -0.2) is 41.6 Å². The number of hydrogen-bond acceptors (Lipinski definition) is 3. The molecule has 0 saturated carbocycles. The van der Waals surface area contributed by atoms with Crippen molar-refractivity contribution in [1.29, 1.82) is 0 Å². The van der Waals surface area contributed by atoms with Gasteiger partial charge in [-0.2, -0.15) is 0 Å². The van der Waals surface area contributed by atoms with E-state index in [1.165, 1.54) is 18.7 Å². The average Bonchev–Trinajstić information content (AvgIpc) is 2.45. The summed E-state index contributed by atoms with van der Waals surface area (Å²) in [6, 6.07) is 7.50. The van der Waals surface area contributed by atoms with Crippen LogP contribution in [-0.2, 0) is 6.42 Å². The van der Waals surface area contributed by atoms with Crippen molar-refractivity contribution in [1.82, 2.24) is 15.2 Å². The maximum atomic E-state index is 4.46. The van der Waals surface area contributed by atoms with Crippen LogP contribution >= 0.6 is 0 Å². The highest BCUT2D eigenvalue weighted by molar-refractivity contribution is 5.04. The van der Waals surface area contributed by atoms with Gasteiger partial charge < -0.3 is 5.32 Å². The van der Waals surface area contributed by atoms with E-state index in [0.29, 0.717) is 18.0 Å². The summed E-state index contributed by atoms with van der Waals surface area (Å²) in [5.41, 5.74) is 1.21. The summed E-state index contributed by atoms with van der Waals surface area (Å²) in [6.45, 7) is 12.7. The van der Waals surface area contributed by atoms with Crippen LogP contribution in [0.15, 0.2) is 24.4 Å². The number of rotatable bonds is 6. The first-order valence-electron chi connectivity index (χ1n) is 8.43. The molecule has 2 heterocycles. The summed E-state index contributed by atoms with van der Waals surface area (Å²) in [5, 5.41) is 3.75. The lowest BCUT2D eigenvalue weighted by Gasteiger charge is -2.43. The van der Waals surface area contributed by atoms with E-state index in [1.54, 1.807) is 0 Å². The van der Waals surface area contributed by atoms with E-state index in [0.717, 1.165) is 25.4 Å².